The third-order valence-corrected chi connectivity index (χ3v) is 5.07. The van der Waals surface area contributed by atoms with E-state index in [0.717, 1.165) is 24.4 Å². The van der Waals surface area contributed by atoms with Gasteiger partial charge >= 0.3 is 0 Å². The summed E-state index contributed by atoms with van der Waals surface area (Å²) in [5.74, 6) is -1.97. The first-order valence-electron chi connectivity index (χ1n) is 9.50. The third kappa shape index (κ3) is 4.94. The van der Waals surface area contributed by atoms with E-state index in [4.69, 9.17) is 11.1 Å². The van der Waals surface area contributed by atoms with Crippen molar-refractivity contribution in [1.82, 2.24) is 15.3 Å². The first-order valence-corrected chi connectivity index (χ1v) is 9.50. The predicted octanol–water partition coefficient (Wildman–Crippen LogP) is 1.97. The van der Waals surface area contributed by atoms with E-state index in [2.05, 4.69) is 15.3 Å². The molecular weight excluding hydrogens is 394 g/mol. The largest absolute Gasteiger partial charge is 0.366 e. The number of nitrogens with two attached hydrogens (primary N) is 1. The van der Waals surface area contributed by atoms with E-state index in [9.17, 15) is 18.4 Å². The summed E-state index contributed by atoms with van der Waals surface area (Å²) in [6.07, 6.45) is 4.89. The molecule has 2 heterocycles. The van der Waals surface area contributed by atoms with Gasteiger partial charge in [-0.3, -0.25) is 9.59 Å². The van der Waals surface area contributed by atoms with Gasteiger partial charge in [-0.1, -0.05) is 0 Å². The minimum atomic E-state index is -0.812. The second-order valence-corrected chi connectivity index (χ2v) is 7.06. The molecule has 0 saturated carbocycles. The highest BCUT2D eigenvalue weighted by Gasteiger charge is 2.28. The lowest BCUT2D eigenvalue weighted by atomic mass is 9.94. The third-order valence-electron chi connectivity index (χ3n) is 5.07. The molecule has 158 valence electrons. The minimum absolute atomic E-state index is 0.0206. The molecule has 4 N–H and O–H groups in total. The van der Waals surface area contributed by atoms with Crippen LogP contribution >= 0.6 is 0 Å². The van der Waals surface area contributed by atoms with E-state index in [1.807, 2.05) is 4.90 Å². The van der Waals surface area contributed by atoms with Crippen molar-refractivity contribution in [3.63, 3.8) is 0 Å². The Morgan fingerprint density at radius 3 is 2.53 bits per heavy atom. The number of hydrogen-bond acceptors (Lipinski definition) is 6. The summed E-state index contributed by atoms with van der Waals surface area (Å²) in [6, 6.07) is 2.25. The average molecular weight is 416 g/mol. The summed E-state index contributed by atoms with van der Waals surface area (Å²) in [7, 11) is 0. The molecule has 8 nitrogen and oxygen atoms in total. The quantitative estimate of drug-likeness (QED) is 0.595. The summed E-state index contributed by atoms with van der Waals surface area (Å²) in [6.45, 7) is 1.05. The first kappa shape index (κ1) is 21.3. The van der Waals surface area contributed by atoms with Crippen LogP contribution in [0.2, 0.25) is 0 Å². The van der Waals surface area contributed by atoms with Crippen LogP contribution in [-0.4, -0.2) is 41.1 Å². The molecule has 0 radical (unpaired) electrons. The predicted molar refractivity (Wildman–Crippen MR) is 106 cm³/mol. The van der Waals surface area contributed by atoms with Crippen molar-refractivity contribution in [2.24, 2.45) is 11.7 Å². The molecule has 3 rings (SSSR count). The molecule has 10 heteroatoms. The Bertz CT molecular complexity index is 929. The van der Waals surface area contributed by atoms with Crippen molar-refractivity contribution in [2.75, 3.05) is 18.0 Å². The molecule has 2 amide bonds. The molecule has 1 aliphatic heterocycles. The summed E-state index contributed by atoms with van der Waals surface area (Å²) >= 11 is 0. The van der Waals surface area contributed by atoms with Crippen molar-refractivity contribution >= 4 is 24.0 Å². The van der Waals surface area contributed by atoms with Gasteiger partial charge in [0.2, 0.25) is 11.9 Å². The van der Waals surface area contributed by atoms with Crippen LogP contribution < -0.4 is 16.0 Å². The van der Waals surface area contributed by atoms with Gasteiger partial charge in [-0.25, -0.2) is 18.7 Å². The summed E-state index contributed by atoms with van der Waals surface area (Å²) in [5.41, 5.74) is 5.42. The zero-order valence-electron chi connectivity index (χ0n) is 16.1. The molecule has 0 spiro atoms. The van der Waals surface area contributed by atoms with E-state index < -0.39 is 23.6 Å². The van der Waals surface area contributed by atoms with Gasteiger partial charge in [-0.05, 0) is 37.3 Å². The zero-order chi connectivity index (χ0) is 21.7. The van der Waals surface area contributed by atoms with Crippen molar-refractivity contribution in [3.8, 4) is 0 Å². The lowest BCUT2D eigenvalue weighted by Crippen LogP contribution is -2.42. The molecular formula is C20H22F2N6O2. The Hall–Kier alpha value is -3.43. The van der Waals surface area contributed by atoms with Crippen LogP contribution in [0.5, 0.6) is 0 Å². The molecule has 30 heavy (non-hydrogen) atoms. The average Bonchev–Trinajstić information content (AvgIpc) is 2.75. The van der Waals surface area contributed by atoms with Gasteiger partial charge in [0.05, 0.1) is 11.6 Å². The van der Waals surface area contributed by atoms with Gasteiger partial charge < -0.3 is 21.4 Å². The SMILES string of the molecule is N=CC[C@H](NC(=O)C1CCN(c2ncc(C(N)=O)cn2)CC1)c1cc(F)ccc1F. The molecule has 2 aromatic rings. The smallest absolute Gasteiger partial charge is 0.251 e. The lowest BCUT2D eigenvalue weighted by molar-refractivity contribution is -0.126. The number of primary amides is 1. The second kappa shape index (κ2) is 9.38. The molecule has 0 bridgehead atoms. The normalized spacial score (nSPS) is 15.5. The van der Waals surface area contributed by atoms with Crippen LogP contribution in [0.25, 0.3) is 0 Å². The number of halogens is 2. The Balaban J connectivity index is 1.61. The Morgan fingerprint density at radius 1 is 1.27 bits per heavy atom. The first-order chi connectivity index (χ1) is 14.4. The number of benzene rings is 1. The zero-order valence-corrected chi connectivity index (χ0v) is 16.1. The van der Waals surface area contributed by atoms with E-state index in [1.165, 1.54) is 12.4 Å². The Labute approximate surface area is 172 Å². The van der Waals surface area contributed by atoms with Crippen molar-refractivity contribution in [1.29, 1.82) is 5.41 Å². The number of aromatic nitrogens is 2. The number of piperidine rings is 1. The van der Waals surface area contributed by atoms with Gasteiger partial charge in [0.15, 0.2) is 0 Å². The molecule has 0 unspecified atom stereocenters. The maximum absolute atomic E-state index is 14.1. The lowest BCUT2D eigenvalue weighted by Gasteiger charge is -2.32. The fraction of sp³-hybridized carbons (Fsp3) is 0.350. The van der Waals surface area contributed by atoms with Gasteiger partial charge in [0.1, 0.15) is 11.6 Å². The molecule has 1 fully saturated rings. The number of amides is 2. The Morgan fingerprint density at radius 2 is 1.93 bits per heavy atom. The van der Waals surface area contributed by atoms with Crippen molar-refractivity contribution in [3.05, 3.63) is 53.4 Å². The molecule has 1 saturated heterocycles. The number of hydrogen-bond donors (Lipinski definition) is 3. The second-order valence-electron chi connectivity index (χ2n) is 7.06. The topological polar surface area (TPSA) is 125 Å². The van der Waals surface area contributed by atoms with E-state index in [0.29, 0.717) is 31.9 Å². The standard InChI is InChI=1S/C20H22F2N6O2/c21-14-1-2-16(22)15(9-14)17(3-6-23)27-19(30)12-4-7-28(8-5-12)20-25-10-13(11-26-20)18(24)29/h1-2,6,9-12,17,23H,3-5,7-8H2,(H2,24,29)(H,27,30)/t17-/m0/s1. The maximum atomic E-state index is 14.1. The number of nitrogens with one attached hydrogen (secondary N) is 2. The molecule has 0 aliphatic carbocycles. The number of anilines is 1. The maximum Gasteiger partial charge on any atom is 0.251 e. The number of carbonyl (C=O) groups excluding carboxylic acids is 2. The van der Waals surface area contributed by atoms with Crippen LogP contribution in [0, 0.1) is 23.0 Å². The Kier molecular flexibility index (Phi) is 6.65. The van der Waals surface area contributed by atoms with Gasteiger partial charge in [0, 0.05) is 43.4 Å². The van der Waals surface area contributed by atoms with Crippen LogP contribution in [0.15, 0.2) is 30.6 Å². The van der Waals surface area contributed by atoms with Crippen molar-refractivity contribution in [2.45, 2.75) is 25.3 Å². The van der Waals surface area contributed by atoms with Gasteiger partial charge in [-0.2, -0.15) is 0 Å². The fourth-order valence-corrected chi connectivity index (χ4v) is 3.41. The fourth-order valence-electron chi connectivity index (χ4n) is 3.41. The number of carbonyl (C=O) groups is 2. The highest BCUT2D eigenvalue weighted by Crippen LogP contribution is 2.24. The summed E-state index contributed by atoms with van der Waals surface area (Å²) in [4.78, 5) is 34.0. The number of rotatable bonds is 7. The minimum Gasteiger partial charge on any atom is -0.366 e. The number of nitrogens with zero attached hydrogens (tertiary/aromatic N) is 3. The highest BCUT2D eigenvalue weighted by atomic mass is 19.1. The van der Waals surface area contributed by atoms with E-state index in [1.54, 1.807) is 0 Å². The van der Waals surface area contributed by atoms with Crippen LogP contribution in [0.3, 0.4) is 0 Å². The van der Waals surface area contributed by atoms with Gasteiger partial charge in [0.25, 0.3) is 5.91 Å². The van der Waals surface area contributed by atoms with E-state index >= 15 is 0 Å². The summed E-state index contributed by atoms with van der Waals surface area (Å²) in [5, 5.41) is 10.1. The van der Waals surface area contributed by atoms with Crippen molar-refractivity contribution < 1.29 is 18.4 Å². The monoisotopic (exact) mass is 416 g/mol. The molecule has 1 aliphatic rings. The molecule has 1 aromatic carbocycles. The summed E-state index contributed by atoms with van der Waals surface area (Å²) < 4.78 is 27.6. The molecule has 1 aromatic heterocycles. The van der Waals surface area contributed by atoms with Crippen LogP contribution in [0.4, 0.5) is 14.7 Å². The van der Waals surface area contributed by atoms with Crippen LogP contribution in [-0.2, 0) is 4.79 Å². The van der Waals surface area contributed by atoms with Gasteiger partial charge in [-0.15, -0.1) is 0 Å². The highest BCUT2D eigenvalue weighted by molar-refractivity contribution is 5.92. The molecule has 1 atom stereocenters. The van der Waals surface area contributed by atoms with E-state index in [-0.39, 0.29) is 29.4 Å². The van der Waals surface area contributed by atoms with Crippen LogP contribution in [0.1, 0.15) is 41.2 Å².